The second kappa shape index (κ2) is 7.27. The van der Waals surface area contributed by atoms with E-state index >= 15 is 0 Å². The molecule has 1 aromatic heterocycles. The highest BCUT2D eigenvalue weighted by Gasteiger charge is 2.25. The van der Waals surface area contributed by atoms with Gasteiger partial charge < -0.3 is 20.1 Å². The van der Waals surface area contributed by atoms with Crippen LogP contribution in [0.4, 0.5) is 4.79 Å². The van der Waals surface area contributed by atoms with Gasteiger partial charge in [0.2, 0.25) is 0 Å². The summed E-state index contributed by atoms with van der Waals surface area (Å²) < 4.78 is 5.19. The molecule has 1 saturated heterocycles. The molecular weight excluding hydrogens is 310 g/mol. The molecule has 0 aliphatic carbocycles. The molecular formula is C17H19N3O4. The molecule has 0 unspecified atom stereocenters. The van der Waals surface area contributed by atoms with Crippen molar-refractivity contribution in [1.82, 2.24) is 15.2 Å². The Hall–Kier alpha value is -2.67. The average Bonchev–Trinajstić information content (AvgIpc) is 2.61. The molecule has 1 fully saturated rings. The number of hydrogen-bond donors (Lipinski definition) is 2. The fraction of sp³-hybridized carbons (Fsp3) is 0.353. The third-order valence-electron chi connectivity index (χ3n) is 3.96. The summed E-state index contributed by atoms with van der Waals surface area (Å²) in [7, 11) is 0. The van der Waals surface area contributed by atoms with Crippen molar-refractivity contribution in [3.05, 3.63) is 42.1 Å². The zero-order valence-electron chi connectivity index (χ0n) is 13.1. The van der Waals surface area contributed by atoms with Crippen LogP contribution in [0.25, 0.3) is 10.9 Å². The molecule has 2 amide bonds. The molecule has 1 aliphatic heterocycles. The molecule has 0 spiro atoms. The Bertz CT molecular complexity index is 743. The van der Waals surface area contributed by atoms with Gasteiger partial charge in [-0.15, -0.1) is 0 Å². The van der Waals surface area contributed by atoms with Crippen molar-refractivity contribution in [3.8, 4) is 0 Å². The first kappa shape index (κ1) is 16.2. The molecule has 1 aromatic carbocycles. The van der Waals surface area contributed by atoms with Gasteiger partial charge in [-0.1, -0.05) is 24.3 Å². The molecule has 7 nitrogen and oxygen atoms in total. The number of aromatic nitrogens is 1. The number of rotatable bonds is 4. The maximum Gasteiger partial charge on any atom is 0.326 e. The second-order valence-electron chi connectivity index (χ2n) is 5.64. The third-order valence-corrected chi connectivity index (χ3v) is 3.96. The van der Waals surface area contributed by atoms with Crippen molar-refractivity contribution >= 4 is 22.9 Å². The normalized spacial score (nSPS) is 15.9. The highest BCUT2D eigenvalue weighted by atomic mass is 16.5. The van der Waals surface area contributed by atoms with Gasteiger partial charge in [-0.2, -0.15) is 0 Å². The van der Waals surface area contributed by atoms with Gasteiger partial charge in [0.05, 0.1) is 18.7 Å². The van der Waals surface area contributed by atoms with Gasteiger partial charge in [-0.25, -0.2) is 9.59 Å². The first-order valence-corrected chi connectivity index (χ1v) is 7.84. The largest absolute Gasteiger partial charge is 0.480 e. The fourth-order valence-corrected chi connectivity index (χ4v) is 2.64. The van der Waals surface area contributed by atoms with Crippen molar-refractivity contribution < 1.29 is 19.4 Å². The summed E-state index contributed by atoms with van der Waals surface area (Å²) in [6, 6.07) is 9.92. The van der Waals surface area contributed by atoms with Crippen LogP contribution in [0.15, 0.2) is 36.4 Å². The van der Waals surface area contributed by atoms with Gasteiger partial charge in [-0.05, 0) is 12.1 Å². The number of nitrogens with zero attached hydrogens (tertiary/aromatic N) is 2. The number of amides is 2. The Morgan fingerprint density at radius 2 is 1.96 bits per heavy atom. The second-order valence-corrected chi connectivity index (χ2v) is 5.64. The molecule has 7 heteroatoms. The molecule has 24 heavy (non-hydrogen) atoms. The molecule has 3 rings (SSSR count). The van der Waals surface area contributed by atoms with Crippen LogP contribution >= 0.6 is 0 Å². The molecule has 2 aromatic rings. The summed E-state index contributed by atoms with van der Waals surface area (Å²) in [6.45, 7) is 1.87. The zero-order chi connectivity index (χ0) is 16.9. The third kappa shape index (κ3) is 3.80. The number of morpholine rings is 1. The topological polar surface area (TPSA) is 91.8 Å². The van der Waals surface area contributed by atoms with Crippen molar-refractivity contribution in [2.75, 3.05) is 26.3 Å². The maximum atomic E-state index is 12.2. The van der Waals surface area contributed by atoms with E-state index in [-0.39, 0.29) is 12.5 Å². The Balaban J connectivity index is 1.70. The smallest absolute Gasteiger partial charge is 0.326 e. The first-order chi connectivity index (χ1) is 11.6. The number of carbonyl (C=O) groups excluding carboxylic acids is 1. The molecule has 1 atom stereocenters. The number of aliphatic carboxylic acids is 1. The van der Waals surface area contributed by atoms with Gasteiger partial charge in [0, 0.05) is 30.6 Å². The first-order valence-electron chi connectivity index (χ1n) is 7.84. The summed E-state index contributed by atoms with van der Waals surface area (Å²) in [6.07, 6.45) is 0.135. The lowest BCUT2D eigenvalue weighted by Gasteiger charge is -2.28. The quantitative estimate of drug-likeness (QED) is 0.881. The van der Waals surface area contributed by atoms with E-state index in [1.165, 1.54) is 0 Å². The lowest BCUT2D eigenvalue weighted by Crippen LogP contribution is -2.51. The maximum absolute atomic E-state index is 12.2. The molecule has 1 aliphatic rings. The predicted molar refractivity (Wildman–Crippen MR) is 87.8 cm³/mol. The van der Waals surface area contributed by atoms with Crippen molar-refractivity contribution in [3.63, 3.8) is 0 Å². The number of urea groups is 1. The number of carbonyl (C=O) groups is 2. The van der Waals surface area contributed by atoms with Gasteiger partial charge >= 0.3 is 12.0 Å². The van der Waals surface area contributed by atoms with Crippen molar-refractivity contribution in [2.45, 2.75) is 12.5 Å². The van der Waals surface area contributed by atoms with Crippen LogP contribution in [0, 0.1) is 0 Å². The number of nitrogens with one attached hydrogen (secondary N) is 1. The highest BCUT2D eigenvalue weighted by molar-refractivity contribution is 5.83. The van der Waals surface area contributed by atoms with E-state index in [0.29, 0.717) is 32.0 Å². The van der Waals surface area contributed by atoms with E-state index in [9.17, 15) is 14.7 Å². The standard InChI is InChI=1S/C17H19N3O4/c21-16(22)15(19-17(23)20-7-9-24-10-8-20)11-13-6-5-12-3-1-2-4-14(12)18-13/h1-6,15H,7-11H2,(H,19,23)(H,21,22)/t15-/m0/s1. The van der Waals surface area contributed by atoms with Crippen molar-refractivity contribution in [2.24, 2.45) is 0 Å². The van der Waals surface area contributed by atoms with E-state index in [2.05, 4.69) is 10.3 Å². The zero-order valence-corrected chi connectivity index (χ0v) is 13.1. The molecule has 0 radical (unpaired) electrons. The molecule has 2 heterocycles. The Morgan fingerprint density at radius 3 is 2.71 bits per heavy atom. The van der Waals surface area contributed by atoms with Crippen LogP contribution in [0.5, 0.6) is 0 Å². The SMILES string of the molecule is O=C(O)[C@H](Cc1ccc2ccccc2n1)NC(=O)N1CCOCC1. The minimum atomic E-state index is -1.08. The number of benzene rings is 1. The monoisotopic (exact) mass is 329 g/mol. The van der Waals surface area contributed by atoms with Crippen LogP contribution in [0.3, 0.4) is 0 Å². The number of ether oxygens (including phenoxy) is 1. The summed E-state index contributed by atoms with van der Waals surface area (Å²) in [4.78, 5) is 29.7. The molecule has 2 N–H and O–H groups in total. The number of carboxylic acids is 1. The average molecular weight is 329 g/mol. The summed E-state index contributed by atoms with van der Waals surface area (Å²) in [5.41, 5.74) is 1.43. The number of pyridine rings is 1. The van der Waals surface area contributed by atoms with Gasteiger partial charge in [0.25, 0.3) is 0 Å². The number of fused-ring (bicyclic) bond motifs is 1. The van der Waals surface area contributed by atoms with E-state index in [1.54, 1.807) is 11.0 Å². The van der Waals surface area contributed by atoms with Gasteiger partial charge in [0.15, 0.2) is 0 Å². The predicted octanol–water partition coefficient (Wildman–Crippen LogP) is 1.27. The van der Waals surface area contributed by atoms with E-state index < -0.39 is 12.0 Å². The number of carboxylic acid groups (broad SMARTS) is 1. The molecule has 0 saturated carbocycles. The Labute approximate surface area is 139 Å². The Kier molecular flexibility index (Phi) is 4.90. The van der Waals surface area contributed by atoms with Crippen LogP contribution in [-0.4, -0.2) is 59.3 Å². The van der Waals surface area contributed by atoms with Crippen LogP contribution in [0.1, 0.15) is 5.69 Å². The summed E-state index contributed by atoms with van der Waals surface area (Å²) >= 11 is 0. The van der Waals surface area contributed by atoms with Gasteiger partial charge in [0.1, 0.15) is 6.04 Å². The van der Waals surface area contributed by atoms with E-state index in [4.69, 9.17) is 4.74 Å². The number of hydrogen-bond acceptors (Lipinski definition) is 4. The summed E-state index contributed by atoms with van der Waals surface area (Å²) in [5, 5.41) is 13.0. The van der Waals surface area contributed by atoms with Crippen molar-refractivity contribution in [1.29, 1.82) is 0 Å². The Morgan fingerprint density at radius 1 is 1.21 bits per heavy atom. The minimum absolute atomic E-state index is 0.135. The van der Waals surface area contributed by atoms with Crippen LogP contribution in [0.2, 0.25) is 0 Å². The van der Waals surface area contributed by atoms with Crippen LogP contribution < -0.4 is 5.32 Å². The highest BCUT2D eigenvalue weighted by Crippen LogP contribution is 2.13. The van der Waals surface area contributed by atoms with Gasteiger partial charge in [-0.3, -0.25) is 4.98 Å². The summed E-state index contributed by atoms with van der Waals surface area (Å²) in [5.74, 6) is -1.08. The lowest BCUT2D eigenvalue weighted by atomic mass is 10.1. The minimum Gasteiger partial charge on any atom is -0.480 e. The fourth-order valence-electron chi connectivity index (χ4n) is 2.64. The van der Waals surface area contributed by atoms with E-state index in [1.807, 2.05) is 30.3 Å². The number of para-hydroxylation sites is 1. The van der Waals surface area contributed by atoms with E-state index in [0.717, 1.165) is 10.9 Å². The molecule has 0 bridgehead atoms. The van der Waals surface area contributed by atoms with Crippen LogP contribution in [-0.2, 0) is 16.0 Å². The lowest BCUT2D eigenvalue weighted by molar-refractivity contribution is -0.139. The molecule has 126 valence electrons.